The standard InChI is InChI=1S/C12H21N3OS2/c1-3-5-6-7-8-9-10(16)13-11-14-15-12(18-11)17-4-2/h3-9H2,1-2H3,(H,13,14,16). The molecule has 0 bridgehead atoms. The second-order valence-electron chi connectivity index (χ2n) is 4.02. The summed E-state index contributed by atoms with van der Waals surface area (Å²) in [6.45, 7) is 4.26. The van der Waals surface area contributed by atoms with Crippen LogP contribution in [0.3, 0.4) is 0 Å². The molecule has 1 aromatic rings. The summed E-state index contributed by atoms with van der Waals surface area (Å²) in [6.07, 6.45) is 6.39. The Hall–Kier alpha value is -0.620. The highest BCUT2D eigenvalue weighted by Gasteiger charge is 2.07. The molecule has 0 saturated carbocycles. The Morgan fingerprint density at radius 3 is 2.72 bits per heavy atom. The van der Waals surface area contributed by atoms with E-state index in [4.69, 9.17) is 0 Å². The van der Waals surface area contributed by atoms with Gasteiger partial charge in [0.15, 0.2) is 4.34 Å². The van der Waals surface area contributed by atoms with Crippen LogP contribution < -0.4 is 5.32 Å². The Balaban J connectivity index is 2.18. The van der Waals surface area contributed by atoms with Gasteiger partial charge >= 0.3 is 0 Å². The molecule has 102 valence electrons. The molecule has 4 nitrogen and oxygen atoms in total. The van der Waals surface area contributed by atoms with Gasteiger partial charge in [-0.25, -0.2) is 0 Å². The molecule has 0 spiro atoms. The monoisotopic (exact) mass is 287 g/mol. The minimum absolute atomic E-state index is 0.0516. The van der Waals surface area contributed by atoms with Crippen LogP contribution >= 0.6 is 23.1 Å². The highest BCUT2D eigenvalue weighted by molar-refractivity contribution is 8.01. The maximum Gasteiger partial charge on any atom is 0.226 e. The molecular formula is C12H21N3OS2. The minimum atomic E-state index is 0.0516. The largest absolute Gasteiger partial charge is 0.301 e. The summed E-state index contributed by atoms with van der Waals surface area (Å²) in [7, 11) is 0. The highest BCUT2D eigenvalue weighted by Crippen LogP contribution is 2.25. The van der Waals surface area contributed by atoms with Crippen LogP contribution in [0, 0.1) is 0 Å². The van der Waals surface area contributed by atoms with Gasteiger partial charge in [0.2, 0.25) is 11.0 Å². The molecule has 0 unspecified atom stereocenters. The second kappa shape index (κ2) is 9.33. The lowest BCUT2D eigenvalue weighted by molar-refractivity contribution is -0.116. The second-order valence-corrected chi connectivity index (χ2v) is 6.51. The molecule has 1 heterocycles. The molecule has 0 fully saturated rings. The first kappa shape index (κ1) is 15.4. The number of rotatable bonds is 9. The SMILES string of the molecule is CCCCCCCC(=O)Nc1nnc(SCC)s1. The molecular weight excluding hydrogens is 266 g/mol. The van der Waals surface area contributed by atoms with Crippen molar-refractivity contribution in [2.75, 3.05) is 11.1 Å². The molecule has 0 aliphatic heterocycles. The average molecular weight is 287 g/mol. The van der Waals surface area contributed by atoms with Gasteiger partial charge in [0.25, 0.3) is 0 Å². The van der Waals surface area contributed by atoms with Crippen molar-refractivity contribution in [3.05, 3.63) is 0 Å². The third-order valence-electron chi connectivity index (χ3n) is 2.43. The van der Waals surface area contributed by atoms with Crippen LogP contribution in [-0.2, 0) is 4.79 Å². The average Bonchev–Trinajstić information content (AvgIpc) is 2.77. The van der Waals surface area contributed by atoms with Crippen molar-refractivity contribution in [1.82, 2.24) is 10.2 Å². The lowest BCUT2D eigenvalue weighted by Gasteiger charge is -2.00. The maximum atomic E-state index is 11.6. The molecule has 0 atom stereocenters. The van der Waals surface area contributed by atoms with Crippen LogP contribution in [0.15, 0.2) is 4.34 Å². The first-order chi connectivity index (χ1) is 8.76. The zero-order valence-electron chi connectivity index (χ0n) is 11.1. The van der Waals surface area contributed by atoms with Gasteiger partial charge in [-0.1, -0.05) is 62.6 Å². The van der Waals surface area contributed by atoms with Gasteiger partial charge in [-0.2, -0.15) is 0 Å². The number of unbranched alkanes of at least 4 members (excludes halogenated alkanes) is 4. The zero-order valence-corrected chi connectivity index (χ0v) is 12.7. The number of carbonyl (C=O) groups is 1. The normalized spacial score (nSPS) is 10.6. The van der Waals surface area contributed by atoms with Crippen molar-refractivity contribution in [3.8, 4) is 0 Å². The lowest BCUT2D eigenvalue weighted by atomic mass is 10.1. The van der Waals surface area contributed by atoms with Crippen LogP contribution in [0.2, 0.25) is 0 Å². The van der Waals surface area contributed by atoms with Gasteiger partial charge in [0.1, 0.15) is 0 Å². The van der Waals surface area contributed by atoms with E-state index < -0.39 is 0 Å². The zero-order chi connectivity index (χ0) is 13.2. The molecule has 18 heavy (non-hydrogen) atoms. The van der Waals surface area contributed by atoms with Gasteiger partial charge < -0.3 is 5.32 Å². The number of hydrogen-bond acceptors (Lipinski definition) is 5. The van der Waals surface area contributed by atoms with E-state index in [1.54, 1.807) is 11.8 Å². The summed E-state index contributed by atoms with van der Waals surface area (Å²) in [5.41, 5.74) is 0. The number of amides is 1. The van der Waals surface area contributed by atoms with Crippen LogP contribution in [-0.4, -0.2) is 21.9 Å². The Kier molecular flexibility index (Phi) is 8.00. The first-order valence-electron chi connectivity index (χ1n) is 6.52. The van der Waals surface area contributed by atoms with E-state index in [0.29, 0.717) is 11.6 Å². The third kappa shape index (κ3) is 6.35. The van der Waals surface area contributed by atoms with E-state index in [-0.39, 0.29) is 5.91 Å². The van der Waals surface area contributed by atoms with Crippen LogP contribution in [0.5, 0.6) is 0 Å². The summed E-state index contributed by atoms with van der Waals surface area (Å²) >= 11 is 3.09. The topological polar surface area (TPSA) is 54.9 Å². The van der Waals surface area contributed by atoms with E-state index in [9.17, 15) is 4.79 Å². The highest BCUT2D eigenvalue weighted by atomic mass is 32.2. The maximum absolute atomic E-state index is 11.6. The van der Waals surface area contributed by atoms with Crippen molar-refractivity contribution in [2.45, 2.75) is 56.7 Å². The van der Waals surface area contributed by atoms with Crippen LogP contribution in [0.1, 0.15) is 52.4 Å². The van der Waals surface area contributed by atoms with Crippen molar-refractivity contribution in [2.24, 2.45) is 0 Å². The molecule has 0 aliphatic rings. The Bertz CT molecular complexity index is 355. The number of aromatic nitrogens is 2. The van der Waals surface area contributed by atoms with Crippen molar-refractivity contribution < 1.29 is 4.79 Å². The lowest BCUT2D eigenvalue weighted by Crippen LogP contribution is -2.10. The molecule has 1 amide bonds. The molecule has 0 saturated heterocycles. The third-order valence-corrected chi connectivity index (χ3v) is 4.28. The number of nitrogens with one attached hydrogen (secondary N) is 1. The minimum Gasteiger partial charge on any atom is -0.301 e. The van der Waals surface area contributed by atoms with Gasteiger partial charge in [-0.15, -0.1) is 10.2 Å². The summed E-state index contributed by atoms with van der Waals surface area (Å²) in [5.74, 6) is 1.02. The van der Waals surface area contributed by atoms with Gasteiger partial charge in [0.05, 0.1) is 0 Å². The first-order valence-corrected chi connectivity index (χ1v) is 8.32. The van der Waals surface area contributed by atoms with E-state index in [0.717, 1.165) is 22.9 Å². The van der Waals surface area contributed by atoms with Crippen LogP contribution in [0.25, 0.3) is 0 Å². The summed E-state index contributed by atoms with van der Waals surface area (Å²) < 4.78 is 0.913. The van der Waals surface area contributed by atoms with Crippen molar-refractivity contribution in [3.63, 3.8) is 0 Å². The Morgan fingerprint density at radius 1 is 1.22 bits per heavy atom. The van der Waals surface area contributed by atoms with Crippen LogP contribution in [0.4, 0.5) is 5.13 Å². The van der Waals surface area contributed by atoms with E-state index in [2.05, 4.69) is 29.4 Å². The van der Waals surface area contributed by atoms with E-state index >= 15 is 0 Å². The molecule has 1 rings (SSSR count). The van der Waals surface area contributed by atoms with E-state index in [1.807, 2.05) is 0 Å². The molecule has 1 N–H and O–H groups in total. The van der Waals surface area contributed by atoms with Crippen molar-refractivity contribution >= 4 is 34.1 Å². The summed E-state index contributed by atoms with van der Waals surface area (Å²) in [4.78, 5) is 11.6. The van der Waals surface area contributed by atoms with Gasteiger partial charge in [0, 0.05) is 6.42 Å². The summed E-state index contributed by atoms with van der Waals surface area (Å²) in [6, 6.07) is 0. The molecule has 1 aromatic heterocycles. The predicted octanol–water partition coefficient (Wildman–Crippen LogP) is 3.95. The Morgan fingerprint density at radius 2 is 2.00 bits per heavy atom. The number of thioether (sulfide) groups is 1. The summed E-state index contributed by atoms with van der Waals surface area (Å²) in [5, 5.41) is 11.4. The number of anilines is 1. The number of carbonyl (C=O) groups excluding carboxylic acids is 1. The fraction of sp³-hybridized carbons (Fsp3) is 0.750. The number of nitrogens with zero attached hydrogens (tertiary/aromatic N) is 2. The fourth-order valence-electron chi connectivity index (χ4n) is 1.51. The van der Waals surface area contributed by atoms with Gasteiger partial charge in [-0.3, -0.25) is 4.79 Å². The molecule has 6 heteroatoms. The quantitative estimate of drug-likeness (QED) is 0.424. The molecule has 0 aromatic carbocycles. The predicted molar refractivity (Wildman–Crippen MR) is 78.3 cm³/mol. The van der Waals surface area contributed by atoms with Crippen molar-refractivity contribution in [1.29, 1.82) is 0 Å². The molecule has 0 radical (unpaired) electrons. The molecule has 0 aliphatic carbocycles. The van der Waals surface area contributed by atoms with Gasteiger partial charge in [-0.05, 0) is 12.2 Å². The smallest absolute Gasteiger partial charge is 0.226 e. The van der Waals surface area contributed by atoms with E-state index in [1.165, 1.54) is 30.6 Å². The fourth-order valence-corrected chi connectivity index (χ4v) is 3.18. The Labute approximate surface area is 117 Å². The number of hydrogen-bond donors (Lipinski definition) is 1.